The third kappa shape index (κ3) is 36.1. The van der Waals surface area contributed by atoms with Crippen LogP contribution in [0.2, 0.25) is 0 Å². The van der Waals surface area contributed by atoms with Crippen LogP contribution in [0.15, 0.2) is 24.3 Å². The molecule has 0 bridgehead atoms. The Morgan fingerprint density at radius 2 is 0.896 bits per heavy atom. The maximum atomic E-state index is 12.5. The first-order valence-electron chi connectivity index (χ1n) is 20.5. The Kier molecular flexibility index (Phi) is 34.8. The normalized spacial score (nSPS) is 13.5. The minimum atomic E-state index is -4.35. The lowest BCUT2D eigenvalue weighted by atomic mass is 10.0. The number of aliphatic hydroxyl groups excluding tert-OH is 1. The van der Waals surface area contributed by atoms with Crippen LogP contribution in [0, 0.1) is 0 Å². The lowest BCUT2D eigenvalue weighted by Gasteiger charge is -2.21. The standard InChI is InChI=1S/C41H79NO5S/c1-3-5-7-9-11-13-15-17-19-20-21-22-23-24-26-28-30-32-34-36-40(43)39(38-48(45,46)47)42-41(44)37-35-33-31-29-27-25-18-16-14-12-10-8-6-4-2/h26,28,34,36,39-40,43H,3-25,27,29-33,35,37-38H2,1-2H3,(H,42,44)(H,45,46,47)/b28-26+,36-34+. The van der Waals surface area contributed by atoms with Gasteiger partial charge in [-0.05, 0) is 32.1 Å². The fraction of sp³-hybridized carbons (Fsp3) is 0.878. The summed E-state index contributed by atoms with van der Waals surface area (Å²) in [5.41, 5.74) is 0. The van der Waals surface area contributed by atoms with Gasteiger partial charge >= 0.3 is 0 Å². The maximum Gasteiger partial charge on any atom is 0.267 e. The molecule has 3 N–H and O–H groups in total. The van der Waals surface area contributed by atoms with Crippen molar-refractivity contribution in [3.63, 3.8) is 0 Å². The fourth-order valence-electron chi connectivity index (χ4n) is 6.29. The minimum Gasteiger partial charge on any atom is -0.387 e. The van der Waals surface area contributed by atoms with Crippen molar-refractivity contribution in [1.29, 1.82) is 0 Å². The predicted molar refractivity (Wildman–Crippen MR) is 207 cm³/mol. The molecule has 0 radical (unpaired) electrons. The number of nitrogens with one attached hydrogen (secondary N) is 1. The van der Waals surface area contributed by atoms with E-state index in [1.807, 2.05) is 6.08 Å². The molecule has 0 aliphatic carbocycles. The van der Waals surface area contributed by atoms with Crippen molar-refractivity contribution in [2.24, 2.45) is 0 Å². The molecule has 2 unspecified atom stereocenters. The van der Waals surface area contributed by atoms with Crippen LogP contribution in [0.25, 0.3) is 0 Å². The third-order valence-corrected chi connectivity index (χ3v) is 10.2. The summed E-state index contributed by atoms with van der Waals surface area (Å²) in [6, 6.07) is -1.07. The SMILES string of the molecule is CCCCCCCCCCCCCCC/C=C/CC/C=C/C(O)C(CS(=O)(=O)O)NC(=O)CCCCCCCCCCCCCCCC. The summed E-state index contributed by atoms with van der Waals surface area (Å²) < 4.78 is 32.4. The molecule has 0 aliphatic rings. The summed E-state index contributed by atoms with van der Waals surface area (Å²) in [5.74, 6) is -0.992. The van der Waals surface area contributed by atoms with E-state index < -0.39 is 28.0 Å². The highest BCUT2D eigenvalue weighted by Crippen LogP contribution is 2.15. The highest BCUT2D eigenvalue weighted by atomic mass is 32.2. The highest BCUT2D eigenvalue weighted by Gasteiger charge is 2.24. The average molecular weight is 698 g/mol. The molecule has 1 amide bonds. The molecule has 0 aromatic carbocycles. The Morgan fingerprint density at radius 3 is 1.31 bits per heavy atom. The zero-order chi connectivity index (χ0) is 35.4. The Labute approximate surface area is 298 Å². The van der Waals surface area contributed by atoms with Gasteiger partial charge in [0.25, 0.3) is 10.1 Å². The highest BCUT2D eigenvalue weighted by molar-refractivity contribution is 7.85. The van der Waals surface area contributed by atoms with Gasteiger partial charge in [0.2, 0.25) is 5.91 Å². The first-order chi connectivity index (χ1) is 23.3. The molecule has 2 atom stereocenters. The Bertz CT molecular complexity index is 857. The Morgan fingerprint density at radius 1 is 0.542 bits per heavy atom. The second-order valence-corrected chi connectivity index (χ2v) is 15.8. The van der Waals surface area contributed by atoms with E-state index in [4.69, 9.17) is 0 Å². The van der Waals surface area contributed by atoms with Gasteiger partial charge in [-0.3, -0.25) is 9.35 Å². The number of carbonyl (C=O) groups excluding carboxylic acids is 1. The summed E-state index contributed by atoms with van der Waals surface area (Å²) in [7, 11) is -4.35. The summed E-state index contributed by atoms with van der Waals surface area (Å²) in [4.78, 5) is 12.5. The van der Waals surface area contributed by atoms with Crippen LogP contribution in [0.4, 0.5) is 0 Å². The second kappa shape index (κ2) is 35.6. The molecule has 0 aromatic heterocycles. The number of hydrogen-bond donors (Lipinski definition) is 3. The van der Waals surface area contributed by atoms with Crippen LogP contribution in [-0.4, -0.2) is 41.9 Å². The number of aliphatic hydroxyl groups is 1. The lowest BCUT2D eigenvalue weighted by molar-refractivity contribution is -0.122. The Balaban J connectivity index is 3.95. The average Bonchev–Trinajstić information content (AvgIpc) is 3.05. The molecular weight excluding hydrogens is 619 g/mol. The third-order valence-electron chi connectivity index (χ3n) is 9.38. The van der Waals surface area contributed by atoms with E-state index >= 15 is 0 Å². The molecule has 0 spiro atoms. The summed E-state index contributed by atoms with van der Waals surface area (Å²) >= 11 is 0. The van der Waals surface area contributed by atoms with Crippen LogP contribution in [0.3, 0.4) is 0 Å². The number of hydrogen-bond acceptors (Lipinski definition) is 4. The molecule has 0 saturated carbocycles. The Hall–Kier alpha value is -1.18. The predicted octanol–water partition coefficient (Wildman–Crippen LogP) is 12.0. The molecule has 0 rings (SSSR count). The van der Waals surface area contributed by atoms with E-state index in [1.165, 1.54) is 160 Å². The van der Waals surface area contributed by atoms with E-state index in [2.05, 4.69) is 31.3 Å². The van der Waals surface area contributed by atoms with Crippen molar-refractivity contribution >= 4 is 16.0 Å². The molecular formula is C41H79NO5S. The topological polar surface area (TPSA) is 104 Å². The largest absolute Gasteiger partial charge is 0.387 e. The molecule has 6 nitrogen and oxygen atoms in total. The second-order valence-electron chi connectivity index (χ2n) is 14.3. The van der Waals surface area contributed by atoms with Crippen LogP contribution < -0.4 is 5.32 Å². The summed E-state index contributed by atoms with van der Waals surface area (Å²) in [6.07, 6.45) is 44.5. The monoisotopic (exact) mass is 698 g/mol. The van der Waals surface area contributed by atoms with Crippen molar-refractivity contribution in [1.82, 2.24) is 5.32 Å². The van der Waals surface area contributed by atoms with Crippen molar-refractivity contribution in [2.75, 3.05) is 5.75 Å². The van der Waals surface area contributed by atoms with Gasteiger partial charge in [0.05, 0.1) is 17.9 Å². The van der Waals surface area contributed by atoms with E-state index in [1.54, 1.807) is 0 Å². The zero-order valence-corrected chi connectivity index (χ0v) is 32.4. The van der Waals surface area contributed by atoms with Crippen molar-refractivity contribution in [3.8, 4) is 0 Å². The molecule has 284 valence electrons. The van der Waals surface area contributed by atoms with Gasteiger partial charge in [0.15, 0.2) is 0 Å². The van der Waals surface area contributed by atoms with E-state index in [0.717, 1.165) is 38.5 Å². The van der Waals surface area contributed by atoms with Gasteiger partial charge in [-0.2, -0.15) is 8.42 Å². The lowest BCUT2D eigenvalue weighted by Crippen LogP contribution is -2.46. The van der Waals surface area contributed by atoms with Crippen LogP contribution in [0.1, 0.15) is 213 Å². The van der Waals surface area contributed by atoms with Crippen LogP contribution >= 0.6 is 0 Å². The molecule has 0 fully saturated rings. The minimum absolute atomic E-state index is 0.286. The van der Waals surface area contributed by atoms with Gasteiger partial charge in [-0.15, -0.1) is 0 Å². The number of unbranched alkanes of at least 4 members (excludes halogenated alkanes) is 27. The first kappa shape index (κ1) is 46.8. The number of amides is 1. The van der Waals surface area contributed by atoms with E-state index in [0.29, 0.717) is 6.42 Å². The fourth-order valence-corrected chi connectivity index (χ4v) is 7.02. The number of rotatable bonds is 37. The quantitative estimate of drug-likeness (QED) is 0.0340. The molecule has 0 aliphatic heterocycles. The molecule has 48 heavy (non-hydrogen) atoms. The number of carbonyl (C=O) groups is 1. The van der Waals surface area contributed by atoms with Crippen LogP contribution in [0.5, 0.6) is 0 Å². The van der Waals surface area contributed by atoms with Crippen molar-refractivity contribution < 1.29 is 22.9 Å². The number of allylic oxidation sites excluding steroid dienone is 3. The van der Waals surface area contributed by atoms with E-state index in [9.17, 15) is 22.9 Å². The van der Waals surface area contributed by atoms with Gasteiger partial charge in [-0.25, -0.2) is 0 Å². The smallest absolute Gasteiger partial charge is 0.267 e. The van der Waals surface area contributed by atoms with Crippen molar-refractivity contribution in [2.45, 2.75) is 225 Å². The van der Waals surface area contributed by atoms with Gasteiger partial charge in [-0.1, -0.05) is 199 Å². The van der Waals surface area contributed by atoms with E-state index in [-0.39, 0.29) is 5.91 Å². The maximum absolute atomic E-state index is 12.5. The van der Waals surface area contributed by atoms with Gasteiger partial charge in [0, 0.05) is 6.42 Å². The molecule has 0 heterocycles. The summed E-state index contributed by atoms with van der Waals surface area (Å²) in [5, 5.41) is 13.2. The molecule has 0 aromatic rings. The van der Waals surface area contributed by atoms with Crippen molar-refractivity contribution in [3.05, 3.63) is 24.3 Å². The molecule has 0 saturated heterocycles. The first-order valence-corrected chi connectivity index (χ1v) is 22.1. The van der Waals surface area contributed by atoms with Gasteiger partial charge < -0.3 is 10.4 Å². The van der Waals surface area contributed by atoms with Gasteiger partial charge in [0.1, 0.15) is 0 Å². The molecule has 7 heteroatoms. The summed E-state index contributed by atoms with van der Waals surface area (Å²) in [6.45, 7) is 4.52. The van der Waals surface area contributed by atoms with Crippen LogP contribution in [-0.2, 0) is 14.9 Å². The zero-order valence-electron chi connectivity index (χ0n) is 31.6.